The molecular weight excluding hydrogens is 362 g/mol. The van der Waals surface area contributed by atoms with Crippen LogP contribution in [0.3, 0.4) is 0 Å². The van der Waals surface area contributed by atoms with Gasteiger partial charge in [0.2, 0.25) is 0 Å². The molecule has 0 aromatic heterocycles. The number of carbonyl (C=O) groups is 1. The second-order valence-corrected chi connectivity index (χ2v) is 15.3. The van der Waals surface area contributed by atoms with Gasteiger partial charge in [0, 0.05) is 27.0 Å². The zero-order valence-corrected chi connectivity index (χ0v) is 19.5. The molecule has 0 saturated carbocycles. The van der Waals surface area contributed by atoms with E-state index in [4.69, 9.17) is 14.2 Å². The molecule has 5 atom stereocenters. The van der Waals surface area contributed by atoms with Gasteiger partial charge in [-0.15, -0.1) is 0 Å². The van der Waals surface area contributed by atoms with E-state index in [0.29, 0.717) is 0 Å². The lowest BCUT2D eigenvalue weighted by molar-refractivity contribution is -0.108. The highest BCUT2D eigenvalue weighted by Crippen LogP contribution is 2.33. The Morgan fingerprint density at radius 2 is 1.85 bits per heavy atom. The molecule has 0 spiro atoms. The van der Waals surface area contributed by atoms with Gasteiger partial charge in [-0.1, -0.05) is 39.6 Å². The van der Waals surface area contributed by atoms with E-state index in [2.05, 4.69) is 38.0 Å². The first-order valence-electron chi connectivity index (χ1n) is 9.74. The molecule has 0 aromatic carbocycles. The molecule has 0 unspecified atom stereocenters. The quantitative estimate of drug-likeness (QED) is 0.402. The Morgan fingerprint density at radius 3 is 2.33 bits per heavy atom. The molecule has 0 aromatic rings. The number of ether oxygens (including phenoxy) is 3. The Balaban J connectivity index is 3.15. The number of hydrogen-bond acceptors (Lipinski definition) is 5. The molecule has 0 heterocycles. The van der Waals surface area contributed by atoms with Crippen molar-refractivity contribution in [2.75, 3.05) is 13.9 Å². The lowest BCUT2D eigenvalue weighted by Crippen LogP contribution is -2.52. The topological polar surface area (TPSA) is 77.0 Å². The van der Waals surface area contributed by atoms with E-state index in [1.807, 2.05) is 27.7 Å². The van der Waals surface area contributed by atoms with E-state index in [0.717, 1.165) is 11.6 Å². The third-order valence-corrected chi connectivity index (χ3v) is 6.07. The summed E-state index contributed by atoms with van der Waals surface area (Å²) in [5.41, 5.74) is 0.386. The van der Waals surface area contributed by atoms with Crippen molar-refractivity contribution in [1.29, 1.82) is 0 Å². The van der Waals surface area contributed by atoms with Crippen LogP contribution in [0.4, 0.5) is 4.79 Å². The minimum Gasteiger partial charge on any atom is -0.444 e. The fourth-order valence-electron chi connectivity index (χ4n) is 3.61. The Labute approximate surface area is 165 Å². The van der Waals surface area contributed by atoms with Gasteiger partial charge in [-0.25, -0.2) is 4.79 Å². The molecule has 0 radical (unpaired) electrons. The van der Waals surface area contributed by atoms with Gasteiger partial charge < -0.3 is 24.6 Å². The number of hydrogen-bond donors (Lipinski definition) is 2. The second-order valence-electron chi connectivity index (χ2n) is 9.85. The number of aliphatic hydroxyl groups excluding tert-OH is 1. The Morgan fingerprint density at radius 1 is 1.26 bits per heavy atom. The zero-order valence-electron chi connectivity index (χ0n) is 18.5. The Hall–Kier alpha value is -0.893. The maximum Gasteiger partial charge on any atom is 0.407 e. The van der Waals surface area contributed by atoms with E-state index in [1.165, 1.54) is 0 Å². The lowest BCUT2D eigenvalue weighted by Gasteiger charge is -2.35. The van der Waals surface area contributed by atoms with E-state index in [1.54, 1.807) is 7.11 Å². The summed E-state index contributed by atoms with van der Waals surface area (Å²) in [7, 11) is 0.134. The molecule has 6 nitrogen and oxygen atoms in total. The number of aliphatic hydroxyl groups is 1. The standard InChI is InChI=1S/C20H39NO5Si/c1-13-10-15(11-27(7,8)9)17(22)16(14(2)18(13)25-12-24-6)21-19(23)26-20(3,4)5/h10,13-14,16-18,22H,11-12H2,1-9H3,(H,21,23)/t13-,14+,16+,17-,18-/m0/s1. The molecule has 7 heteroatoms. The minimum absolute atomic E-state index is 0.0987. The molecule has 0 fully saturated rings. The predicted molar refractivity (Wildman–Crippen MR) is 110 cm³/mol. The summed E-state index contributed by atoms with van der Waals surface area (Å²) in [6, 6.07) is 0.378. The maximum atomic E-state index is 12.4. The summed E-state index contributed by atoms with van der Waals surface area (Å²) in [5.74, 6) is -0.0189. The average Bonchev–Trinajstić information content (AvgIpc) is 2.54. The van der Waals surface area contributed by atoms with Crippen LogP contribution in [0.25, 0.3) is 0 Å². The van der Waals surface area contributed by atoms with Crippen LogP contribution in [0.15, 0.2) is 11.6 Å². The average molecular weight is 402 g/mol. The van der Waals surface area contributed by atoms with Crippen LogP contribution in [-0.2, 0) is 14.2 Å². The Bertz CT molecular complexity index is 523. The summed E-state index contributed by atoms with van der Waals surface area (Å²) in [6.45, 7) is 16.5. The first kappa shape index (κ1) is 24.1. The minimum atomic E-state index is -1.45. The first-order valence-corrected chi connectivity index (χ1v) is 13.4. The van der Waals surface area contributed by atoms with Crippen molar-refractivity contribution in [1.82, 2.24) is 5.32 Å². The van der Waals surface area contributed by atoms with Crippen molar-refractivity contribution in [2.24, 2.45) is 11.8 Å². The molecule has 1 aliphatic rings. The molecule has 0 bridgehead atoms. The van der Waals surface area contributed by atoms with Gasteiger partial charge in [-0.2, -0.15) is 0 Å². The van der Waals surface area contributed by atoms with Gasteiger partial charge in [0.25, 0.3) is 0 Å². The monoisotopic (exact) mass is 401 g/mol. The van der Waals surface area contributed by atoms with Crippen molar-refractivity contribution in [3.05, 3.63) is 11.6 Å². The fraction of sp³-hybridized carbons (Fsp3) is 0.850. The van der Waals surface area contributed by atoms with Gasteiger partial charge in [-0.05, 0) is 32.4 Å². The number of amides is 1. The van der Waals surface area contributed by atoms with Crippen molar-refractivity contribution in [2.45, 2.75) is 84.2 Å². The van der Waals surface area contributed by atoms with Crippen molar-refractivity contribution in [3.8, 4) is 0 Å². The molecule has 2 N–H and O–H groups in total. The molecule has 27 heavy (non-hydrogen) atoms. The first-order chi connectivity index (χ1) is 12.2. The largest absolute Gasteiger partial charge is 0.444 e. The summed E-state index contributed by atoms with van der Waals surface area (Å²) in [5, 5.41) is 14.0. The predicted octanol–water partition coefficient (Wildman–Crippen LogP) is 3.78. The van der Waals surface area contributed by atoms with Gasteiger partial charge in [-0.3, -0.25) is 0 Å². The smallest absolute Gasteiger partial charge is 0.407 e. The van der Waals surface area contributed by atoms with Crippen LogP contribution in [0.1, 0.15) is 34.6 Å². The summed E-state index contributed by atoms with van der Waals surface area (Å²) < 4.78 is 16.4. The zero-order chi connectivity index (χ0) is 21.0. The van der Waals surface area contributed by atoms with Crippen LogP contribution < -0.4 is 5.32 Å². The van der Waals surface area contributed by atoms with E-state index >= 15 is 0 Å². The molecule has 1 amide bonds. The van der Waals surface area contributed by atoms with E-state index in [-0.39, 0.29) is 24.7 Å². The Kier molecular flexibility index (Phi) is 8.53. The van der Waals surface area contributed by atoms with E-state index < -0.39 is 31.9 Å². The highest BCUT2D eigenvalue weighted by molar-refractivity contribution is 6.76. The molecular formula is C20H39NO5Si. The van der Waals surface area contributed by atoms with Gasteiger partial charge in [0.15, 0.2) is 0 Å². The van der Waals surface area contributed by atoms with Crippen molar-refractivity contribution >= 4 is 14.2 Å². The number of methoxy groups -OCH3 is 1. The third kappa shape index (κ3) is 7.93. The molecule has 0 aliphatic heterocycles. The number of nitrogens with one attached hydrogen (secondary N) is 1. The van der Waals surface area contributed by atoms with Crippen molar-refractivity contribution < 1.29 is 24.1 Å². The molecule has 0 saturated heterocycles. The second kappa shape index (κ2) is 9.54. The number of carbonyl (C=O) groups excluding carboxylic acids is 1. The maximum absolute atomic E-state index is 12.4. The highest BCUT2D eigenvalue weighted by Gasteiger charge is 2.41. The van der Waals surface area contributed by atoms with Crippen LogP contribution in [0.5, 0.6) is 0 Å². The van der Waals surface area contributed by atoms with Crippen molar-refractivity contribution in [3.63, 3.8) is 0 Å². The molecule has 1 rings (SSSR count). The highest BCUT2D eigenvalue weighted by atomic mass is 28.3. The fourth-order valence-corrected chi connectivity index (χ4v) is 5.16. The van der Waals surface area contributed by atoms with Gasteiger partial charge in [0.1, 0.15) is 12.4 Å². The van der Waals surface area contributed by atoms with Crippen LogP contribution in [0, 0.1) is 11.8 Å². The van der Waals surface area contributed by atoms with Gasteiger partial charge >= 0.3 is 6.09 Å². The SMILES string of the molecule is COCO[C@@H]1[C@H](C)[C@@H](NC(=O)OC(C)(C)C)[C@@H](O)C(C[Si](C)(C)C)=C[C@@H]1C. The lowest BCUT2D eigenvalue weighted by atomic mass is 9.88. The molecule has 158 valence electrons. The van der Waals surface area contributed by atoms with Crippen LogP contribution in [0.2, 0.25) is 25.7 Å². The summed E-state index contributed by atoms with van der Waals surface area (Å²) in [6.07, 6.45) is 0.651. The summed E-state index contributed by atoms with van der Waals surface area (Å²) >= 11 is 0. The van der Waals surface area contributed by atoms with E-state index in [9.17, 15) is 9.90 Å². The van der Waals surface area contributed by atoms with Gasteiger partial charge in [0.05, 0.1) is 18.2 Å². The number of alkyl carbamates (subject to hydrolysis) is 1. The number of rotatable bonds is 6. The third-order valence-electron chi connectivity index (χ3n) is 4.60. The molecule has 1 aliphatic carbocycles. The normalized spacial score (nSPS) is 29.7. The summed E-state index contributed by atoms with van der Waals surface area (Å²) in [4.78, 5) is 12.4. The van der Waals surface area contributed by atoms with Crippen LogP contribution >= 0.6 is 0 Å². The van der Waals surface area contributed by atoms with Crippen LogP contribution in [-0.4, -0.2) is 57.0 Å².